The molecule has 1 aromatic carbocycles. The highest BCUT2D eigenvalue weighted by Crippen LogP contribution is 2.32. The van der Waals surface area contributed by atoms with Crippen LogP contribution in [0.3, 0.4) is 0 Å². The molecule has 0 radical (unpaired) electrons. The van der Waals surface area contributed by atoms with Crippen LogP contribution in [0.1, 0.15) is 31.1 Å². The summed E-state index contributed by atoms with van der Waals surface area (Å²) in [5, 5.41) is 0. The Morgan fingerprint density at radius 1 is 1.50 bits per heavy atom. The Morgan fingerprint density at radius 3 is 3.14 bits per heavy atom. The molecule has 76 valence electrons. The van der Waals surface area contributed by atoms with E-state index in [0.29, 0.717) is 0 Å². The third-order valence-electron chi connectivity index (χ3n) is 2.63. The number of fused-ring (bicyclic) bond motifs is 1. The maximum atomic E-state index is 5.60. The van der Waals surface area contributed by atoms with Crippen molar-refractivity contribution in [1.82, 2.24) is 0 Å². The van der Waals surface area contributed by atoms with Crippen LogP contribution in [0.5, 0.6) is 5.75 Å². The number of ether oxygens (including phenoxy) is 2. The summed E-state index contributed by atoms with van der Waals surface area (Å²) in [4.78, 5) is 0. The zero-order chi connectivity index (χ0) is 9.97. The van der Waals surface area contributed by atoms with Gasteiger partial charge in [-0.2, -0.15) is 0 Å². The molecule has 1 aliphatic rings. The normalized spacial score (nSPS) is 20.3. The lowest BCUT2D eigenvalue weighted by Crippen LogP contribution is -2.15. The van der Waals surface area contributed by atoms with Gasteiger partial charge in [0, 0.05) is 5.56 Å². The summed E-state index contributed by atoms with van der Waals surface area (Å²) in [7, 11) is 0. The molecule has 0 amide bonds. The van der Waals surface area contributed by atoms with Crippen molar-refractivity contribution in [2.75, 3.05) is 13.2 Å². The Morgan fingerprint density at radius 2 is 2.36 bits per heavy atom. The largest absolute Gasteiger partial charge is 0.494 e. The summed E-state index contributed by atoms with van der Waals surface area (Å²) >= 11 is 0. The van der Waals surface area contributed by atoms with E-state index in [1.54, 1.807) is 0 Å². The van der Waals surface area contributed by atoms with Gasteiger partial charge in [-0.3, -0.25) is 0 Å². The highest BCUT2D eigenvalue weighted by Gasteiger charge is 2.19. The molecule has 0 fully saturated rings. The molecule has 0 unspecified atom stereocenters. The lowest BCUT2D eigenvalue weighted by atomic mass is 9.97. The first-order valence-electron chi connectivity index (χ1n) is 5.19. The van der Waals surface area contributed by atoms with Gasteiger partial charge in [-0.25, -0.2) is 0 Å². The van der Waals surface area contributed by atoms with Crippen molar-refractivity contribution in [3.63, 3.8) is 0 Å². The van der Waals surface area contributed by atoms with Crippen LogP contribution in [0.25, 0.3) is 0 Å². The Kier molecular flexibility index (Phi) is 2.73. The van der Waals surface area contributed by atoms with Gasteiger partial charge in [-0.15, -0.1) is 0 Å². The summed E-state index contributed by atoms with van der Waals surface area (Å²) in [6.45, 7) is 5.64. The molecular formula is C12H16O2. The van der Waals surface area contributed by atoms with E-state index < -0.39 is 0 Å². The van der Waals surface area contributed by atoms with Gasteiger partial charge < -0.3 is 9.47 Å². The highest BCUT2D eigenvalue weighted by atomic mass is 16.5. The summed E-state index contributed by atoms with van der Waals surface area (Å²) in [5.74, 6) is 1.03. The zero-order valence-corrected chi connectivity index (χ0v) is 8.75. The Balaban J connectivity index is 2.39. The molecule has 2 heteroatoms. The maximum Gasteiger partial charge on any atom is 0.122 e. The molecule has 0 saturated heterocycles. The molecule has 0 aromatic heterocycles. The van der Waals surface area contributed by atoms with E-state index in [0.717, 1.165) is 25.4 Å². The van der Waals surface area contributed by atoms with Gasteiger partial charge >= 0.3 is 0 Å². The molecule has 0 saturated carbocycles. The van der Waals surface area contributed by atoms with E-state index >= 15 is 0 Å². The first-order valence-corrected chi connectivity index (χ1v) is 5.19. The topological polar surface area (TPSA) is 18.5 Å². The van der Waals surface area contributed by atoms with E-state index in [1.807, 2.05) is 19.1 Å². The van der Waals surface area contributed by atoms with Gasteiger partial charge in [-0.05, 0) is 31.9 Å². The number of hydrogen-bond donors (Lipinski definition) is 0. The molecule has 1 heterocycles. The number of rotatable bonds is 2. The van der Waals surface area contributed by atoms with E-state index in [2.05, 4.69) is 13.0 Å². The monoisotopic (exact) mass is 192 g/mol. The van der Waals surface area contributed by atoms with Crippen molar-refractivity contribution in [2.24, 2.45) is 0 Å². The lowest BCUT2D eigenvalue weighted by molar-refractivity contribution is 0.0545. The molecule has 0 spiro atoms. The van der Waals surface area contributed by atoms with Crippen LogP contribution in [-0.2, 0) is 11.2 Å². The second kappa shape index (κ2) is 4.01. The minimum absolute atomic E-state index is 0.208. The molecule has 0 aliphatic carbocycles. The number of benzene rings is 1. The maximum absolute atomic E-state index is 5.60. The van der Waals surface area contributed by atoms with Crippen LogP contribution < -0.4 is 4.74 Å². The zero-order valence-electron chi connectivity index (χ0n) is 8.75. The van der Waals surface area contributed by atoms with Crippen LogP contribution in [0.2, 0.25) is 0 Å². The van der Waals surface area contributed by atoms with Crippen molar-refractivity contribution in [3.05, 3.63) is 29.3 Å². The molecule has 2 nitrogen and oxygen atoms in total. The Hall–Kier alpha value is -1.02. The third-order valence-corrected chi connectivity index (χ3v) is 2.63. The van der Waals surface area contributed by atoms with Gasteiger partial charge in [0.1, 0.15) is 5.75 Å². The fourth-order valence-corrected chi connectivity index (χ4v) is 1.95. The lowest BCUT2D eigenvalue weighted by Gasteiger charge is -2.24. The van der Waals surface area contributed by atoms with E-state index in [9.17, 15) is 0 Å². The average molecular weight is 192 g/mol. The number of hydrogen-bond acceptors (Lipinski definition) is 2. The van der Waals surface area contributed by atoms with E-state index in [-0.39, 0.29) is 6.10 Å². The Labute approximate surface area is 84.8 Å². The fraction of sp³-hybridized carbons (Fsp3) is 0.500. The highest BCUT2D eigenvalue weighted by molar-refractivity contribution is 5.42. The predicted molar refractivity (Wildman–Crippen MR) is 55.7 cm³/mol. The van der Waals surface area contributed by atoms with E-state index in [4.69, 9.17) is 9.47 Å². The van der Waals surface area contributed by atoms with Gasteiger partial charge in [-0.1, -0.05) is 12.1 Å². The Bertz CT molecular complexity index is 320. The van der Waals surface area contributed by atoms with Crippen molar-refractivity contribution < 1.29 is 9.47 Å². The molecule has 0 bridgehead atoms. The molecular weight excluding hydrogens is 176 g/mol. The van der Waals surface area contributed by atoms with Gasteiger partial charge in [0.2, 0.25) is 0 Å². The second-order valence-corrected chi connectivity index (χ2v) is 3.52. The summed E-state index contributed by atoms with van der Waals surface area (Å²) in [6.07, 6.45) is 1.18. The summed E-state index contributed by atoms with van der Waals surface area (Å²) in [5.41, 5.74) is 2.61. The van der Waals surface area contributed by atoms with Crippen LogP contribution >= 0.6 is 0 Å². The minimum Gasteiger partial charge on any atom is -0.494 e. The van der Waals surface area contributed by atoms with Gasteiger partial charge in [0.25, 0.3) is 0 Å². The first kappa shape index (κ1) is 9.53. The minimum atomic E-state index is 0.208. The van der Waals surface area contributed by atoms with Crippen molar-refractivity contribution in [3.8, 4) is 5.75 Å². The second-order valence-electron chi connectivity index (χ2n) is 3.52. The van der Waals surface area contributed by atoms with Crippen LogP contribution in [0.15, 0.2) is 18.2 Å². The quantitative estimate of drug-likeness (QED) is 0.717. The van der Waals surface area contributed by atoms with Crippen molar-refractivity contribution in [1.29, 1.82) is 0 Å². The molecule has 1 aliphatic heterocycles. The standard InChI is InChI=1S/C12H16O2/c1-3-13-12-6-4-5-10-9(2)14-8-7-11(10)12/h4-6,9H,3,7-8H2,1-2H3/t9-/m0/s1. The van der Waals surface area contributed by atoms with Crippen molar-refractivity contribution in [2.45, 2.75) is 26.4 Å². The van der Waals surface area contributed by atoms with Crippen LogP contribution in [0.4, 0.5) is 0 Å². The average Bonchev–Trinajstić information content (AvgIpc) is 2.20. The van der Waals surface area contributed by atoms with Crippen LogP contribution in [0, 0.1) is 0 Å². The van der Waals surface area contributed by atoms with Gasteiger partial charge in [0.05, 0.1) is 19.3 Å². The molecule has 2 rings (SSSR count). The van der Waals surface area contributed by atoms with Crippen molar-refractivity contribution >= 4 is 0 Å². The third kappa shape index (κ3) is 1.62. The van der Waals surface area contributed by atoms with Gasteiger partial charge in [0.15, 0.2) is 0 Å². The molecule has 1 aromatic rings. The summed E-state index contributed by atoms with van der Waals surface area (Å²) < 4.78 is 11.2. The molecule has 1 atom stereocenters. The van der Waals surface area contributed by atoms with E-state index in [1.165, 1.54) is 11.1 Å². The summed E-state index contributed by atoms with van der Waals surface area (Å²) in [6, 6.07) is 6.21. The predicted octanol–water partition coefficient (Wildman–Crippen LogP) is 2.72. The smallest absolute Gasteiger partial charge is 0.122 e. The first-order chi connectivity index (χ1) is 6.83. The molecule has 0 N–H and O–H groups in total. The fourth-order valence-electron chi connectivity index (χ4n) is 1.95. The SMILES string of the molecule is CCOc1cccc2c1CCO[C@H]2C. The van der Waals surface area contributed by atoms with Crippen LogP contribution in [-0.4, -0.2) is 13.2 Å². The molecule has 14 heavy (non-hydrogen) atoms.